The molecular weight excluding hydrogens is 409 g/mol. The van der Waals surface area contributed by atoms with Crippen molar-refractivity contribution in [2.75, 3.05) is 0 Å². The minimum absolute atomic E-state index is 0.0627. The molecule has 33 heavy (non-hydrogen) atoms. The molecule has 0 fully saturated rings. The topological polar surface area (TPSA) is 57.1 Å². The molecule has 0 saturated heterocycles. The van der Waals surface area contributed by atoms with Crippen molar-refractivity contribution in [1.82, 2.24) is 15.0 Å². The summed E-state index contributed by atoms with van der Waals surface area (Å²) in [5, 5.41) is 0. The number of aromatic nitrogens is 3. The van der Waals surface area contributed by atoms with Crippen LogP contribution in [0.2, 0.25) is 0 Å². The maximum atomic E-state index is 6.13. The number of ether oxygens (including phenoxy) is 2. The van der Waals surface area contributed by atoms with Crippen molar-refractivity contribution < 1.29 is 9.47 Å². The number of rotatable bonds is 5. The number of benzene rings is 2. The predicted octanol–water partition coefficient (Wildman–Crippen LogP) is 3.95. The van der Waals surface area contributed by atoms with Crippen molar-refractivity contribution in [3.63, 3.8) is 0 Å². The SMILES string of the molecule is c1ccc(Oc2cccc(Oc3ccc4c(c3)B(c3ccccn3)c3ccccc3-4)n2)nc1. The maximum Gasteiger partial charge on any atom is 0.266 e. The fourth-order valence-corrected chi connectivity index (χ4v) is 4.26. The first-order valence-electron chi connectivity index (χ1n) is 10.7. The quantitative estimate of drug-likeness (QED) is 0.390. The maximum absolute atomic E-state index is 6.13. The second-order valence-electron chi connectivity index (χ2n) is 7.71. The van der Waals surface area contributed by atoms with E-state index in [1.54, 1.807) is 18.3 Å². The molecule has 156 valence electrons. The Morgan fingerprint density at radius 1 is 0.545 bits per heavy atom. The van der Waals surface area contributed by atoms with Crippen molar-refractivity contribution >= 4 is 23.2 Å². The Morgan fingerprint density at radius 2 is 1.27 bits per heavy atom. The molecule has 0 bridgehead atoms. The molecule has 0 spiro atoms. The zero-order chi connectivity index (χ0) is 22.0. The Balaban J connectivity index is 1.33. The summed E-state index contributed by atoms with van der Waals surface area (Å²) in [6, 6.07) is 31.6. The molecule has 6 heteroatoms. The Bertz CT molecular complexity index is 1430. The lowest BCUT2D eigenvalue weighted by molar-refractivity contribution is 0.417. The molecule has 1 aliphatic heterocycles. The van der Waals surface area contributed by atoms with Gasteiger partial charge in [-0.1, -0.05) is 59.5 Å². The van der Waals surface area contributed by atoms with Gasteiger partial charge in [0.1, 0.15) is 5.75 Å². The van der Waals surface area contributed by atoms with E-state index < -0.39 is 0 Å². The van der Waals surface area contributed by atoms with Gasteiger partial charge in [0.15, 0.2) is 0 Å². The van der Waals surface area contributed by atoms with E-state index in [0.717, 1.165) is 5.59 Å². The van der Waals surface area contributed by atoms with E-state index in [1.807, 2.05) is 48.7 Å². The largest absolute Gasteiger partial charge is 0.439 e. The molecule has 2 aromatic carbocycles. The van der Waals surface area contributed by atoms with Crippen LogP contribution in [0.3, 0.4) is 0 Å². The van der Waals surface area contributed by atoms with E-state index in [-0.39, 0.29) is 6.71 Å². The van der Waals surface area contributed by atoms with Gasteiger partial charge in [-0.3, -0.25) is 4.98 Å². The van der Waals surface area contributed by atoms with Crippen LogP contribution in [0.4, 0.5) is 0 Å². The number of nitrogens with zero attached hydrogens (tertiary/aromatic N) is 3. The highest BCUT2D eigenvalue weighted by molar-refractivity contribution is 6.98. The summed E-state index contributed by atoms with van der Waals surface area (Å²) >= 11 is 0. The van der Waals surface area contributed by atoms with E-state index >= 15 is 0 Å². The summed E-state index contributed by atoms with van der Waals surface area (Å²) in [6.07, 6.45) is 3.52. The molecule has 5 aromatic rings. The standard InChI is InChI=1S/C27H18BN3O2/c1-2-9-22-20(8-1)21-15-14-19(18-23(21)28(22)24-10-3-5-16-29-24)32-26-12-7-13-27(31-26)33-25-11-4-6-17-30-25/h1-18H. The molecule has 0 unspecified atom stereocenters. The molecule has 3 aromatic heterocycles. The normalized spacial score (nSPS) is 11.6. The third kappa shape index (κ3) is 3.72. The highest BCUT2D eigenvalue weighted by atomic mass is 16.5. The third-order valence-corrected chi connectivity index (χ3v) is 5.65. The first-order chi connectivity index (χ1) is 16.3. The minimum atomic E-state index is 0.0627. The van der Waals surface area contributed by atoms with Crippen LogP contribution >= 0.6 is 0 Å². The number of fused-ring (bicyclic) bond motifs is 3. The van der Waals surface area contributed by atoms with Crippen LogP contribution in [0.25, 0.3) is 11.1 Å². The molecule has 0 amide bonds. The van der Waals surface area contributed by atoms with Crippen molar-refractivity contribution in [3.8, 4) is 34.5 Å². The summed E-state index contributed by atoms with van der Waals surface area (Å²) in [5.41, 5.74) is 5.89. The lowest BCUT2D eigenvalue weighted by atomic mass is 9.40. The van der Waals surface area contributed by atoms with E-state index in [9.17, 15) is 0 Å². The summed E-state index contributed by atoms with van der Waals surface area (Å²) in [4.78, 5) is 13.3. The molecular formula is C27H18BN3O2. The van der Waals surface area contributed by atoms with Crippen LogP contribution < -0.4 is 26.0 Å². The highest BCUT2D eigenvalue weighted by Crippen LogP contribution is 2.28. The minimum Gasteiger partial charge on any atom is -0.439 e. The van der Waals surface area contributed by atoms with Crippen molar-refractivity contribution in [2.24, 2.45) is 0 Å². The fraction of sp³-hybridized carbons (Fsp3) is 0. The lowest BCUT2D eigenvalue weighted by Crippen LogP contribution is -2.50. The Labute approximate surface area is 191 Å². The number of pyridine rings is 3. The second-order valence-corrected chi connectivity index (χ2v) is 7.71. The van der Waals surface area contributed by atoms with Crippen molar-refractivity contribution in [1.29, 1.82) is 0 Å². The molecule has 5 nitrogen and oxygen atoms in total. The first kappa shape index (κ1) is 19.3. The molecule has 4 heterocycles. The highest BCUT2D eigenvalue weighted by Gasteiger charge is 2.34. The zero-order valence-electron chi connectivity index (χ0n) is 17.6. The summed E-state index contributed by atoms with van der Waals surface area (Å²) in [6.45, 7) is 0.0627. The third-order valence-electron chi connectivity index (χ3n) is 5.65. The van der Waals surface area contributed by atoms with Gasteiger partial charge in [0, 0.05) is 36.2 Å². The van der Waals surface area contributed by atoms with Gasteiger partial charge in [-0.2, -0.15) is 4.98 Å². The fourth-order valence-electron chi connectivity index (χ4n) is 4.26. The number of hydrogen-bond donors (Lipinski definition) is 0. The molecule has 0 radical (unpaired) electrons. The number of hydrogen-bond acceptors (Lipinski definition) is 5. The molecule has 0 saturated carbocycles. The molecule has 1 aliphatic rings. The van der Waals surface area contributed by atoms with Gasteiger partial charge < -0.3 is 9.47 Å². The monoisotopic (exact) mass is 427 g/mol. The van der Waals surface area contributed by atoms with Gasteiger partial charge in [0.25, 0.3) is 6.71 Å². The van der Waals surface area contributed by atoms with Crippen LogP contribution in [0.1, 0.15) is 0 Å². The van der Waals surface area contributed by atoms with E-state index in [0.29, 0.717) is 23.4 Å². The summed E-state index contributed by atoms with van der Waals surface area (Å²) in [7, 11) is 0. The van der Waals surface area contributed by atoms with Crippen molar-refractivity contribution in [2.45, 2.75) is 0 Å². The second kappa shape index (κ2) is 8.24. The van der Waals surface area contributed by atoms with Gasteiger partial charge in [0.05, 0.1) is 0 Å². The van der Waals surface area contributed by atoms with Gasteiger partial charge in [-0.15, -0.1) is 0 Å². The van der Waals surface area contributed by atoms with Crippen LogP contribution in [-0.2, 0) is 0 Å². The summed E-state index contributed by atoms with van der Waals surface area (Å²) in [5.74, 6) is 2.07. The Morgan fingerprint density at radius 3 is 2.09 bits per heavy atom. The van der Waals surface area contributed by atoms with Crippen LogP contribution in [0.5, 0.6) is 23.4 Å². The lowest BCUT2D eigenvalue weighted by Gasteiger charge is -2.12. The van der Waals surface area contributed by atoms with Gasteiger partial charge in [0.2, 0.25) is 17.6 Å². The average molecular weight is 427 g/mol. The van der Waals surface area contributed by atoms with E-state index in [4.69, 9.17) is 9.47 Å². The smallest absolute Gasteiger partial charge is 0.266 e. The average Bonchev–Trinajstić information content (AvgIpc) is 3.19. The molecule has 0 atom stereocenters. The van der Waals surface area contributed by atoms with Gasteiger partial charge in [-0.05, 0) is 41.5 Å². The van der Waals surface area contributed by atoms with Crippen LogP contribution in [-0.4, -0.2) is 21.7 Å². The Kier molecular flexibility index (Phi) is 4.81. The molecule has 6 rings (SSSR count). The first-order valence-corrected chi connectivity index (χ1v) is 10.7. The van der Waals surface area contributed by atoms with Crippen molar-refractivity contribution in [3.05, 3.63) is 109 Å². The Hall–Kier alpha value is -4.45. The summed E-state index contributed by atoms with van der Waals surface area (Å²) < 4.78 is 11.9. The predicted molar refractivity (Wildman–Crippen MR) is 129 cm³/mol. The molecule has 0 N–H and O–H groups in total. The van der Waals surface area contributed by atoms with E-state index in [1.165, 1.54) is 22.1 Å². The van der Waals surface area contributed by atoms with Crippen LogP contribution in [0, 0.1) is 0 Å². The van der Waals surface area contributed by atoms with Gasteiger partial charge in [-0.25, -0.2) is 4.98 Å². The van der Waals surface area contributed by atoms with E-state index in [2.05, 4.69) is 57.4 Å². The zero-order valence-corrected chi connectivity index (χ0v) is 17.6. The molecule has 0 aliphatic carbocycles. The van der Waals surface area contributed by atoms with Crippen LogP contribution in [0.15, 0.2) is 109 Å². The van der Waals surface area contributed by atoms with Gasteiger partial charge >= 0.3 is 0 Å².